The Balaban J connectivity index is 2.10. The number of benzene rings is 1. The van der Waals surface area contributed by atoms with Gasteiger partial charge in [-0.2, -0.15) is 5.10 Å². The summed E-state index contributed by atoms with van der Waals surface area (Å²) in [5.41, 5.74) is 5.05. The van der Waals surface area contributed by atoms with Crippen LogP contribution in [0.1, 0.15) is 29.3 Å². The van der Waals surface area contributed by atoms with Crippen molar-refractivity contribution in [3.63, 3.8) is 0 Å². The number of hydrogen-bond donors (Lipinski definition) is 1. The second-order valence-corrected chi connectivity index (χ2v) is 4.64. The van der Waals surface area contributed by atoms with Gasteiger partial charge in [0.05, 0.1) is 12.2 Å². The molecule has 1 N–H and O–H groups in total. The second kappa shape index (κ2) is 5.83. The first-order valence-electron chi connectivity index (χ1n) is 6.48. The lowest BCUT2D eigenvalue weighted by atomic mass is 10.1. The van der Waals surface area contributed by atoms with Gasteiger partial charge in [-0.15, -0.1) is 0 Å². The van der Waals surface area contributed by atoms with Gasteiger partial charge in [0.25, 0.3) is 0 Å². The molecule has 0 aliphatic rings. The Morgan fingerprint density at radius 1 is 1.17 bits per heavy atom. The SMILES string of the molecule is CCc1ccc(Cn2cc(CNC)c(C)n2)cc1. The zero-order valence-corrected chi connectivity index (χ0v) is 11.4. The lowest BCUT2D eigenvalue weighted by molar-refractivity contribution is 0.678. The van der Waals surface area contributed by atoms with Gasteiger partial charge in [-0.25, -0.2) is 0 Å². The zero-order valence-electron chi connectivity index (χ0n) is 11.4. The molecule has 18 heavy (non-hydrogen) atoms. The highest BCUT2D eigenvalue weighted by atomic mass is 15.3. The predicted molar refractivity (Wildman–Crippen MR) is 74.6 cm³/mol. The normalized spacial score (nSPS) is 10.8. The van der Waals surface area contributed by atoms with Crippen molar-refractivity contribution < 1.29 is 0 Å². The van der Waals surface area contributed by atoms with Gasteiger partial charge < -0.3 is 5.32 Å². The number of aryl methyl sites for hydroxylation is 2. The maximum absolute atomic E-state index is 4.54. The van der Waals surface area contributed by atoms with Gasteiger partial charge in [0.1, 0.15) is 0 Å². The van der Waals surface area contributed by atoms with E-state index in [1.807, 2.05) is 11.7 Å². The number of nitrogens with zero attached hydrogens (tertiary/aromatic N) is 2. The summed E-state index contributed by atoms with van der Waals surface area (Å²) in [6.45, 7) is 5.95. The van der Waals surface area contributed by atoms with Crippen LogP contribution in [0.25, 0.3) is 0 Å². The number of rotatable bonds is 5. The Hall–Kier alpha value is -1.61. The van der Waals surface area contributed by atoms with Crippen LogP contribution in [0.3, 0.4) is 0 Å². The number of nitrogens with one attached hydrogen (secondary N) is 1. The molecule has 0 spiro atoms. The molecule has 0 saturated carbocycles. The van der Waals surface area contributed by atoms with Gasteiger partial charge in [0.2, 0.25) is 0 Å². The lowest BCUT2D eigenvalue weighted by Gasteiger charge is -2.03. The van der Waals surface area contributed by atoms with Gasteiger partial charge in [0.15, 0.2) is 0 Å². The maximum atomic E-state index is 4.54. The summed E-state index contributed by atoms with van der Waals surface area (Å²) in [6, 6.07) is 8.77. The van der Waals surface area contributed by atoms with Crippen molar-refractivity contribution >= 4 is 0 Å². The van der Waals surface area contributed by atoms with Crippen LogP contribution in [-0.2, 0) is 19.5 Å². The smallest absolute Gasteiger partial charge is 0.0659 e. The van der Waals surface area contributed by atoms with Crippen LogP contribution in [0.4, 0.5) is 0 Å². The molecule has 0 amide bonds. The maximum Gasteiger partial charge on any atom is 0.0659 e. The third-order valence-electron chi connectivity index (χ3n) is 3.19. The van der Waals surface area contributed by atoms with Crippen molar-refractivity contribution in [1.29, 1.82) is 0 Å². The Morgan fingerprint density at radius 3 is 2.44 bits per heavy atom. The topological polar surface area (TPSA) is 29.9 Å². The highest BCUT2D eigenvalue weighted by Gasteiger charge is 2.04. The molecule has 3 nitrogen and oxygen atoms in total. The minimum absolute atomic E-state index is 0.842. The molecule has 2 rings (SSSR count). The molecule has 1 aromatic heterocycles. The summed E-state index contributed by atoms with van der Waals surface area (Å²) in [5, 5.41) is 7.71. The molecule has 1 heterocycles. The Labute approximate surface area is 109 Å². The fourth-order valence-corrected chi connectivity index (χ4v) is 2.07. The molecular weight excluding hydrogens is 222 g/mol. The van der Waals surface area contributed by atoms with E-state index in [1.165, 1.54) is 16.7 Å². The standard InChI is InChI=1S/C15H21N3/c1-4-13-5-7-14(8-6-13)10-18-11-15(9-16-3)12(2)17-18/h5-8,11,16H,4,9-10H2,1-3H3. The van der Waals surface area contributed by atoms with E-state index in [2.05, 4.69) is 54.7 Å². The highest BCUT2D eigenvalue weighted by Crippen LogP contribution is 2.10. The first-order chi connectivity index (χ1) is 8.72. The summed E-state index contributed by atoms with van der Waals surface area (Å²) in [7, 11) is 1.96. The fourth-order valence-electron chi connectivity index (χ4n) is 2.07. The zero-order chi connectivity index (χ0) is 13.0. The van der Waals surface area contributed by atoms with Crippen LogP contribution >= 0.6 is 0 Å². The average molecular weight is 243 g/mol. The largest absolute Gasteiger partial charge is 0.316 e. The molecule has 0 atom stereocenters. The molecule has 3 heteroatoms. The van der Waals surface area contributed by atoms with Crippen molar-refractivity contribution in [2.45, 2.75) is 33.4 Å². The molecule has 0 saturated heterocycles. The van der Waals surface area contributed by atoms with E-state index in [9.17, 15) is 0 Å². The van der Waals surface area contributed by atoms with E-state index in [4.69, 9.17) is 0 Å². The van der Waals surface area contributed by atoms with E-state index in [0.717, 1.165) is 25.2 Å². The van der Waals surface area contributed by atoms with Gasteiger partial charge >= 0.3 is 0 Å². The van der Waals surface area contributed by atoms with Gasteiger partial charge in [-0.3, -0.25) is 4.68 Å². The predicted octanol–water partition coefficient (Wildman–Crippen LogP) is 2.52. The Kier molecular flexibility index (Phi) is 4.15. The van der Waals surface area contributed by atoms with Crippen molar-refractivity contribution in [2.24, 2.45) is 0 Å². The van der Waals surface area contributed by atoms with Gasteiger partial charge in [-0.05, 0) is 31.5 Å². The molecule has 0 aliphatic carbocycles. The van der Waals surface area contributed by atoms with Crippen molar-refractivity contribution in [3.8, 4) is 0 Å². The third-order valence-corrected chi connectivity index (χ3v) is 3.19. The molecule has 0 bridgehead atoms. The van der Waals surface area contributed by atoms with Crippen LogP contribution < -0.4 is 5.32 Å². The Morgan fingerprint density at radius 2 is 1.83 bits per heavy atom. The number of aromatic nitrogens is 2. The lowest BCUT2D eigenvalue weighted by Crippen LogP contribution is -2.05. The van der Waals surface area contributed by atoms with Crippen LogP contribution in [0, 0.1) is 6.92 Å². The molecule has 0 aliphatic heterocycles. The van der Waals surface area contributed by atoms with E-state index >= 15 is 0 Å². The van der Waals surface area contributed by atoms with Crippen LogP contribution in [0.2, 0.25) is 0 Å². The molecular formula is C15H21N3. The highest BCUT2D eigenvalue weighted by molar-refractivity contribution is 5.23. The van der Waals surface area contributed by atoms with Gasteiger partial charge in [0, 0.05) is 18.3 Å². The quantitative estimate of drug-likeness (QED) is 0.874. The summed E-state index contributed by atoms with van der Waals surface area (Å²) in [4.78, 5) is 0. The third kappa shape index (κ3) is 2.99. The molecule has 96 valence electrons. The van der Waals surface area contributed by atoms with E-state index in [1.54, 1.807) is 0 Å². The fraction of sp³-hybridized carbons (Fsp3) is 0.400. The first kappa shape index (κ1) is 12.8. The van der Waals surface area contributed by atoms with Crippen LogP contribution in [-0.4, -0.2) is 16.8 Å². The minimum Gasteiger partial charge on any atom is -0.316 e. The van der Waals surface area contributed by atoms with Gasteiger partial charge in [-0.1, -0.05) is 31.2 Å². The molecule has 0 radical (unpaired) electrons. The molecule has 0 fully saturated rings. The summed E-state index contributed by atoms with van der Waals surface area (Å²) in [6.07, 6.45) is 3.22. The van der Waals surface area contributed by atoms with E-state index in [0.29, 0.717) is 0 Å². The minimum atomic E-state index is 0.842. The van der Waals surface area contributed by atoms with Crippen molar-refractivity contribution in [3.05, 3.63) is 52.8 Å². The Bertz CT molecular complexity index is 497. The second-order valence-electron chi connectivity index (χ2n) is 4.64. The first-order valence-corrected chi connectivity index (χ1v) is 6.48. The van der Waals surface area contributed by atoms with Crippen LogP contribution in [0.15, 0.2) is 30.5 Å². The molecule has 0 unspecified atom stereocenters. The molecule has 2 aromatic rings. The summed E-state index contributed by atoms with van der Waals surface area (Å²) < 4.78 is 2.02. The number of hydrogen-bond acceptors (Lipinski definition) is 2. The van der Waals surface area contributed by atoms with Crippen molar-refractivity contribution in [2.75, 3.05) is 7.05 Å². The molecule has 1 aromatic carbocycles. The summed E-state index contributed by atoms with van der Waals surface area (Å²) in [5.74, 6) is 0. The summed E-state index contributed by atoms with van der Waals surface area (Å²) >= 11 is 0. The van der Waals surface area contributed by atoms with Crippen LogP contribution in [0.5, 0.6) is 0 Å². The average Bonchev–Trinajstić information content (AvgIpc) is 2.71. The van der Waals surface area contributed by atoms with E-state index in [-0.39, 0.29) is 0 Å². The van der Waals surface area contributed by atoms with E-state index < -0.39 is 0 Å². The monoisotopic (exact) mass is 243 g/mol. The van der Waals surface area contributed by atoms with Crippen molar-refractivity contribution in [1.82, 2.24) is 15.1 Å².